The van der Waals surface area contributed by atoms with Gasteiger partial charge in [-0.25, -0.2) is 0 Å². The molecule has 0 bridgehead atoms. The van der Waals surface area contributed by atoms with Crippen molar-refractivity contribution in [1.82, 2.24) is 0 Å². The predicted octanol–water partition coefficient (Wildman–Crippen LogP) is 2.91. The zero-order chi connectivity index (χ0) is 12.9. The summed E-state index contributed by atoms with van der Waals surface area (Å²) in [5.74, 6) is 0. The van der Waals surface area contributed by atoms with Gasteiger partial charge in [-0.05, 0) is 37.3 Å². The number of piperidine rings is 1. The molecule has 0 radical (unpaired) electrons. The van der Waals surface area contributed by atoms with Gasteiger partial charge in [0.05, 0.1) is 17.4 Å². The number of fused-ring (bicyclic) bond motifs is 3. The lowest BCUT2D eigenvalue weighted by molar-refractivity contribution is -0.137. The molecule has 0 aliphatic carbocycles. The molecule has 3 rings (SSSR count). The highest BCUT2D eigenvalue weighted by Gasteiger charge is 2.43. The Hall–Kier alpha value is -1.23. The quantitative estimate of drug-likeness (QED) is 0.773. The molecule has 5 heteroatoms. The Bertz CT molecular complexity index is 470. The first-order chi connectivity index (χ1) is 8.48. The van der Waals surface area contributed by atoms with Gasteiger partial charge in [0.15, 0.2) is 0 Å². The van der Waals surface area contributed by atoms with Crippen LogP contribution in [0.5, 0.6) is 0 Å². The number of rotatable bonds is 0. The third-order valence-corrected chi connectivity index (χ3v) is 3.93. The van der Waals surface area contributed by atoms with Crippen LogP contribution >= 0.6 is 0 Å². The average Bonchev–Trinajstić information content (AvgIpc) is 2.66. The lowest BCUT2D eigenvalue weighted by atomic mass is 10.00. The Balaban J connectivity index is 2.12. The zero-order valence-corrected chi connectivity index (χ0v) is 9.87. The molecule has 1 fully saturated rings. The molecule has 0 saturated carbocycles. The van der Waals surface area contributed by atoms with E-state index in [1.165, 1.54) is 6.07 Å². The highest BCUT2D eigenvalue weighted by atomic mass is 19.4. The van der Waals surface area contributed by atoms with Crippen LogP contribution in [0, 0.1) is 0 Å². The van der Waals surface area contributed by atoms with Crippen molar-refractivity contribution in [3.8, 4) is 0 Å². The number of halogens is 3. The minimum Gasteiger partial charge on any atom is -0.352 e. The van der Waals surface area contributed by atoms with Crippen molar-refractivity contribution in [3.63, 3.8) is 0 Å². The van der Waals surface area contributed by atoms with Gasteiger partial charge in [-0.3, -0.25) is 0 Å². The Labute approximate surface area is 104 Å². The van der Waals surface area contributed by atoms with Crippen molar-refractivity contribution in [1.29, 1.82) is 0 Å². The van der Waals surface area contributed by atoms with Crippen LogP contribution in [0.25, 0.3) is 0 Å². The normalized spacial score (nSPS) is 27.0. The van der Waals surface area contributed by atoms with Gasteiger partial charge in [-0.1, -0.05) is 12.1 Å². The smallest absolute Gasteiger partial charge is 0.352 e. The van der Waals surface area contributed by atoms with Crippen molar-refractivity contribution >= 4 is 5.69 Å². The van der Waals surface area contributed by atoms with Crippen molar-refractivity contribution in [2.75, 3.05) is 4.90 Å². The number of nitrogens with zero attached hydrogens (tertiary/aromatic N) is 1. The van der Waals surface area contributed by atoms with E-state index in [4.69, 9.17) is 5.73 Å². The molecule has 2 nitrogen and oxygen atoms in total. The molecule has 0 aromatic heterocycles. The van der Waals surface area contributed by atoms with Gasteiger partial charge in [0.25, 0.3) is 0 Å². The molecule has 2 N–H and O–H groups in total. The number of hydrogen-bond donors (Lipinski definition) is 1. The second-order valence-corrected chi connectivity index (χ2v) is 5.07. The van der Waals surface area contributed by atoms with Crippen LogP contribution in [0.4, 0.5) is 18.9 Å². The molecule has 2 atom stereocenters. The Morgan fingerprint density at radius 3 is 2.72 bits per heavy atom. The second kappa shape index (κ2) is 3.88. The molecule has 98 valence electrons. The van der Waals surface area contributed by atoms with Crippen molar-refractivity contribution in [2.45, 2.75) is 44.1 Å². The van der Waals surface area contributed by atoms with Gasteiger partial charge in [0.1, 0.15) is 0 Å². The first kappa shape index (κ1) is 11.8. The minimum atomic E-state index is -4.31. The molecule has 1 aromatic rings. The second-order valence-electron chi connectivity index (χ2n) is 5.07. The Morgan fingerprint density at radius 1 is 1.22 bits per heavy atom. The number of alkyl halides is 3. The summed E-state index contributed by atoms with van der Waals surface area (Å²) in [5.41, 5.74) is 6.57. The van der Waals surface area contributed by atoms with Crippen molar-refractivity contribution < 1.29 is 13.2 Å². The van der Waals surface area contributed by atoms with E-state index < -0.39 is 11.7 Å². The number of benzene rings is 1. The van der Waals surface area contributed by atoms with E-state index in [9.17, 15) is 13.2 Å². The summed E-state index contributed by atoms with van der Waals surface area (Å²) < 4.78 is 39.2. The molecular formula is C13H15F3N2. The largest absolute Gasteiger partial charge is 0.418 e. The molecule has 2 aliphatic rings. The van der Waals surface area contributed by atoms with E-state index in [0.717, 1.165) is 30.9 Å². The average molecular weight is 256 g/mol. The van der Waals surface area contributed by atoms with Crippen LogP contribution in [0.1, 0.15) is 30.4 Å². The van der Waals surface area contributed by atoms with Crippen LogP contribution < -0.4 is 10.6 Å². The minimum absolute atomic E-state index is 0.146. The number of para-hydroxylation sites is 1. The van der Waals surface area contributed by atoms with Crippen molar-refractivity contribution in [3.05, 3.63) is 29.3 Å². The molecule has 2 aliphatic heterocycles. The van der Waals surface area contributed by atoms with Gasteiger partial charge < -0.3 is 10.6 Å². The van der Waals surface area contributed by atoms with Crippen LogP contribution in [0.15, 0.2) is 18.2 Å². The van der Waals surface area contributed by atoms with Crippen LogP contribution in [0.3, 0.4) is 0 Å². The summed E-state index contributed by atoms with van der Waals surface area (Å²) in [6, 6.07) is 4.58. The first-order valence-corrected chi connectivity index (χ1v) is 6.21. The summed E-state index contributed by atoms with van der Waals surface area (Å²) >= 11 is 0. The van der Waals surface area contributed by atoms with Crippen LogP contribution in [-0.4, -0.2) is 12.2 Å². The molecule has 0 amide bonds. The monoisotopic (exact) mass is 256 g/mol. The SMILES string of the molecule is NC1CCCC2Cc3cccc(C(F)(F)F)c3N12. The third kappa shape index (κ3) is 1.68. The van der Waals surface area contributed by atoms with Crippen molar-refractivity contribution in [2.24, 2.45) is 5.73 Å². The predicted molar refractivity (Wildman–Crippen MR) is 63.2 cm³/mol. The van der Waals surface area contributed by atoms with Gasteiger partial charge in [0, 0.05) is 6.04 Å². The third-order valence-electron chi connectivity index (χ3n) is 3.93. The Kier molecular flexibility index (Phi) is 2.55. The zero-order valence-electron chi connectivity index (χ0n) is 9.87. The van der Waals surface area contributed by atoms with E-state index in [1.54, 1.807) is 11.0 Å². The maximum Gasteiger partial charge on any atom is 0.418 e. The van der Waals surface area contributed by atoms with E-state index in [2.05, 4.69) is 0 Å². The summed E-state index contributed by atoms with van der Waals surface area (Å²) in [4.78, 5) is 1.79. The van der Waals surface area contributed by atoms with Crippen LogP contribution in [0.2, 0.25) is 0 Å². The lowest BCUT2D eigenvalue weighted by Gasteiger charge is -2.38. The van der Waals surface area contributed by atoms with E-state index >= 15 is 0 Å². The molecule has 2 heterocycles. The topological polar surface area (TPSA) is 29.3 Å². The molecular weight excluding hydrogens is 241 g/mol. The molecule has 2 unspecified atom stereocenters. The molecule has 1 saturated heterocycles. The van der Waals surface area contributed by atoms with Gasteiger partial charge in [-0.2, -0.15) is 13.2 Å². The molecule has 0 spiro atoms. The van der Waals surface area contributed by atoms with Gasteiger partial charge in [-0.15, -0.1) is 0 Å². The highest BCUT2D eigenvalue weighted by molar-refractivity contribution is 5.66. The number of anilines is 1. The van der Waals surface area contributed by atoms with E-state index in [0.29, 0.717) is 12.1 Å². The maximum absolute atomic E-state index is 13.1. The highest BCUT2D eigenvalue weighted by Crippen LogP contribution is 2.46. The van der Waals surface area contributed by atoms with E-state index in [-0.39, 0.29) is 12.2 Å². The lowest BCUT2D eigenvalue weighted by Crippen LogP contribution is -2.50. The molecule has 1 aromatic carbocycles. The number of hydrogen-bond acceptors (Lipinski definition) is 2. The standard InChI is InChI=1S/C13H15F3N2/c14-13(15,16)10-5-1-3-8-7-9-4-2-6-11(17)18(9)12(8)10/h1,3,5,9,11H,2,4,6-7,17H2. The maximum atomic E-state index is 13.1. The summed E-state index contributed by atoms with van der Waals surface area (Å²) in [7, 11) is 0. The van der Waals surface area contributed by atoms with E-state index in [1.807, 2.05) is 0 Å². The van der Waals surface area contributed by atoms with Gasteiger partial charge >= 0.3 is 6.18 Å². The summed E-state index contributed by atoms with van der Waals surface area (Å²) in [6.45, 7) is 0. The molecule has 18 heavy (non-hydrogen) atoms. The summed E-state index contributed by atoms with van der Waals surface area (Å²) in [5, 5.41) is 0. The fraction of sp³-hybridized carbons (Fsp3) is 0.538. The number of nitrogens with two attached hydrogens (primary N) is 1. The fourth-order valence-corrected chi connectivity index (χ4v) is 3.20. The van der Waals surface area contributed by atoms with Crippen LogP contribution in [-0.2, 0) is 12.6 Å². The Morgan fingerprint density at radius 2 is 2.00 bits per heavy atom. The summed E-state index contributed by atoms with van der Waals surface area (Å²) in [6.07, 6.45) is -1.21. The van der Waals surface area contributed by atoms with Gasteiger partial charge in [0.2, 0.25) is 0 Å². The first-order valence-electron chi connectivity index (χ1n) is 6.21. The fourth-order valence-electron chi connectivity index (χ4n) is 3.20.